The van der Waals surface area contributed by atoms with Gasteiger partial charge in [-0.15, -0.1) is 0 Å². The van der Waals surface area contributed by atoms with Gasteiger partial charge < -0.3 is 4.52 Å². The zero-order valence-electron chi connectivity index (χ0n) is 13.3. The molecule has 0 amide bonds. The van der Waals surface area contributed by atoms with E-state index in [2.05, 4.69) is 14.9 Å². The second kappa shape index (κ2) is 6.54. The average Bonchev–Trinajstić information content (AvgIpc) is 2.94. The third-order valence-electron chi connectivity index (χ3n) is 3.63. The van der Waals surface area contributed by atoms with E-state index in [4.69, 9.17) is 4.52 Å². The van der Waals surface area contributed by atoms with Crippen LogP contribution in [0.1, 0.15) is 28.8 Å². The minimum atomic E-state index is -3.82. The summed E-state index contributed by atoms with van der Waals surface area (Å²) in [5.41, 5.74) is 1.73. The first-order chi connectivity index (χ1) is 11.5. The predicted octanol–water partition coefficient (Wildman–Crippen LogP) is 2.75. The molecule has 7 heteroatoms. The number of hydrogen-bond donors (Lipinski definition) is 1. The Bertz CT molecular complexity index is 863. The highest BCUT2D eigenvalue weighted by atomic mass is 32.2. The van der Waals surface area contributed by atoms with Crippen LogP contribution in [0, 0.1) is 13.8 Å². The second-order valence-corrected chi connectivity index (χ2v) is 7.02. The van der Waals surface area contributed by atoms with Crippen molar-refractivity contribution in [1.82, 2.24) is 14.9 Å². The topological polar surface area (TPSA) is 85.1 Å². The first kappa shape index (κ1) is 16.4. The molecule has 0 aliphatic carbocycles. The quantitative estimate of drug-likeness (QED) is 0.770. The highest BCUT2D eigenvalue weighted by Crippen LogP contribution is 2.25. The van der Waals surface area contributed by atoms with Crippen LogP contribution in [0.15, 0.2) is 64.1 Å². The Morgan fingerprint density at radius 1 is 1.04 bits per heavy atom. The Kier molecular flexibility index (Phi) is 4.46. The van der Waals surface area contributed by atoms with Crippen molar-refractivity contribution in [2.75, 3.05) is 0 Å². The summed E-state index contributed by atoms with van der Waals surface area (Å²) < 4.78 is 33.4. The van der Waals surface area contributed by atoms with Gasteiger partial charge in [-0.05, 0) is 31.5 Å². The van der Waals surface area contributed by atoms with Crippen molar-refractivity contribution < 1.29 is 12.9 Å². The van der Waals surface area contributed by atoms with E-state index in [1.807, 2.05) is 36.4 Å². The van der Waals surface area contributed by atoms with Gasteiger partial charge in [0.25, 0.3) is 0 Å². The van der Waals surface area contributed by atoms with Gasteiger partial charge in [0.1, 0.15) is 10.6 Å². The molecule has 1 N–H and O–H groups in total. The summed E-state index contributed by atoms with van der Waals surface area (Å²) >= 11 is 0. The molecule has 124 valence electrons. The van der Waals surface area contributed by atoms with Crippen LogP contribution >= 0.6 is 0 Å². The largest absolute Gasteiger partial charge is 0.360 e. The summed E-state index contributed by atoms with van der Waals surface area (Å²) in [6.45, 7) is 3.18. The molecule has 0 saturated carbocycles. The van der Waals surface area contributed by atoms with Gasteiger partial charge >= 0.3 is 0 Å². The zero-order valence-corrected chi connectivity index (χ0v) is 14.1. The van der Waals surface area contributed by atoms with E-state index in [1.165, 1.54) is 0 Å². The number of benzene rings is 1. The lowest BCUT2D eigenvalue weighted by Crippen LogP contribution is -2.30. The van der Waals surface area contributed by atoms with Gasteiger partial charge in [0.2, 0.25) is 10.0 Å². The lowest BCUT2D eigenvalue weighted by molar-refractivity contribution is 0.390. The van der Waals surface area contributed by atoms with Crippen molar-refractivity contribution in [1.29, 1.82) is 0 Å². The highest BCUT2D eigenvalue weighted by Gasteiger charge is 2.29. The van der Waals surface area contributed by atoms with E-state index < -0.39 is 16.1 Å². The number of rotatable bonds is 5. The summed E-state index contributed by atoms with van der Waals surface area (Å²) in [6.07, 6.45) is 1.63. The minimum Gasteiger partial charge on any atom is -0.360 e. The maximum Gasteiger partial charge on any atom is 0.246 e. The van der Waals surface area contributed by atoms with Crippen molar-refractivity contribution in [2.45, 2.75) is 24.8 Å². The molecule has 3 rings (SSSR count). The molecule has 0 aliphatic heterocycles. The third kappa shape index (κ3) is 3.22. The number of aromatic nitrogens is 2. The van der Waals surface area contributed by atoms with Crippen molar-refractivity contribution in [2.24, 2.45) is 0 Å². The van der Waals surface area contributed by atoms with Crippen LogP contribution in [0.2, 0.25) is 0 Å². The van der Waals surface area contributed by atoms with Crippen molar-refractivity contribution in [3.63, 3.8) is 0 Å². The van der Waals surface area contributed by atoms with Gasteiger partial charge in [-0.3, -0.25) is 4.98 Å². The Morgan fingerprint density at radius 3 is 2.33 bits per heavy atom. The molecule has 0 spiro atoms. The van der Waals surface area contributed by atoms with E-state index in [0.717, 1.165) is 5.56 Å². The van der Waals surface area contributed by atoms with Gasteiger partial charge in [0.05, 0.1) is 11.7 Å². The molecule has 0 fully saturated rings. The van der Waals surface area contributed by atoms with E-state index >= 15 is 0 Å². The Balaban J connectivity index is 2.05. The van der Waals surface area contributed by atoms with Crippen molar-refractivity contribution >= 4 is 10.0 Å². The minimum absolute atomic E-state index is 0.0689. The number of pyridine rings is 1. The van der Waals surface area contributed by atoms with Crippen LogP contribution in [-0.4, -0.2) is 18.6 Å². The van der Waals surface area contributed by atoms with Crippen LogP contribution in [0.25, 0.3) is 0 Å². The van der Waals surface area contributed by atoms with Gasteiger partial charge in [-0.2, -0.15) is 4.72 Å². The van der Waals surface area contributed by atoms with E-state index in [0.29, 0.717) is 11.4 Å². The second-order valence-electron chi connectivity index (χ2n) is 5.37. The molecule has 2 heterocycles. The molecule has 0 bridgehead atoms. The Morgan fingerprint density at radius 2 is 1.75 bits per heavy atom. The molecular weight excluding hydrogens is 326 g/mol. The molecule has 24 heavy (non-hydrogen) atoms. The van der Waals surface area contributed by atoms with Gasteiger partial charge in [0.15, 0.2) is 5.76 Å². The standard InChI is InChI=1S/C17H17N3O3S/c1-12-17(13(2)23-19-12)24(21,22)20-16(14-8-4-3-5-9-14)15-10-6-7-11-18-15/h3-11,16,20H,1-2H3/t16-/m0/s1. The summed E-state index contributed by atoms with van der Waals surface area (Å²) in [5.74, 6) is 0.257. The summed E-state index contributed by atoms with van der Waals surface area (Å²) in [4.78, 5) is 4.37. The maximum atomic E-state index is 12.9. The Labute approximate surface area is 140 Å². The summed E-state index contributed by atoms with van der Waals surface area (Å²) in [6, 6.07) is 14.1. The highest BCUT2D eigenvalue weighted by molar-refractivity contribution is 7.89. The average molecular weight is 343 g/mol. The summed E-state index contributed by atoms with van der Waals surface area (Å²) in [5, 5.41) is 3.73. The smallest absolute Gasteiger partial charge is 0.246 e. The van der Waals surface area contributed by atoms with Crippen LogP contribution in [0.4, 0.5) is 0 Å². The summed E-state index contributed by atoms with van der Waals surface area (Å²) in [7, 11) is -3.82. The number of aryl methyl sites for hydroxylation is 2. The number of hydrogen-bond acceptors (Lipinski definition) is 5. The van der Waals surface area contributed by atoms with Gasteiger partial charge in [-0.25, -0.2) is 8.42 Å². The van der Waals surface area contributed by atoms with Crippen LogP contribution in [0.3, 0.4) is 0 Å². The zero-order chi connectivity index (χ0) is 17.2. The molecule has 0 unspecified atom stereocenters. The van der Waals surface area contributed by atoms with Crippen molar-refractivity contribution in [3.8, 4) is 0 Å². The lowest BCUT2D eigenvalue weighted by Gasteiger charge is -2.18. The maximum absolute atomic E-state index is 12.9. The van der Waals surface area contributed by atoms with Gasteiger partial charge in [0, 0.05) is 6.20 Å². The molecule has 6 nitrogen and oxygen atoms in total. The van der Waals surface area contributed by atoms with E-state index in [-0.39, 0.29) is 10.7 Å². The predicted molar refractivity (Wildman–Crippen MR) is 88.8 cm³/mol. The molecule has 1 atom stereocenters. The SMILES string of the molecule is Cc1noc(C)c1S(=O)(=O)N[C@@H](c1ccccc1)c1ccccn1. The van der Waals surface area contributed by atoms with E-state index in [9.17, 15) is 8.42 Å². The van der Waals surface area contributed by atoms with E-state index in [1.54, 1.807) is 32.2 Å². The fourth-order valence-corrected chi connectivity index (χ4v) is 4.09. The first-order valence-corrected chi connectivity index (χ1v) is 8.88. The molecule has 0 radical (unpaired) electrons. The molecule has 1 aromatic carbocycles. The fraction of sp³-hybridized carbons (Fsp3) is 0.176. The van der Waals surface area contributed by atoms with Crippen molar-refractivity contribution in [3.05, 3.63) is 77.4 Å². The van der Waals surface area contributed by atoms with Crippen LogP contribution < -0.4 is 4.72 Å². The molecule has 2 aromatic heterocycles. The Hall–Kier alpha value is -2.51. The number of nitrogens with one attached hydrogen (secondary N) is 1. The van der Waals surface area contributed by atoms with Crippen LogP contribution in [0.5, 0.6) is 0 Å². The number of nitrogens with zero attached hydrogens (tertiary/aromatic N) is 2. The molecule has 0 aliphatic rings. The normalized spacial score (nSPS) is 12.9. The lowest BCUT2D eigenvalue weighted by atomic mass is 10.0. The monoisotopic (exact) mass is 343 g/mol. The first-order valence-electron chi connectivity index (χ1n) is 7.40. The molecule has 0 saturated heterocycles. The molecular formula is C17H17N3O3S. The number of sulfonamides is 1. The van der Waals surface area contributed by atoms with Crippen LogP contribution in [-0.2, 0) is 10.0 Å². The third-order valence-corrected chi connectivity index (χ3v) is 5.29. The van der Waals surface area contributed by atoms with Gasteiger partial charge in [-0.1, -0.05) is 41.6 Å². The molecule has 3 aromatic rings. The fourth-order valence-electron chi connectivity index (χ4n) is 2.56.